The number of amides is 1. The first-order chi connectivity index (χ1) is 67.3. The summed E-state index contributed by atoms with van der Waals surface area (Å²) < 4.78 is 127. The molecule has 0 spiro atoms. The maximum absolute atomic E-state index is 12.8. The maximum atomic E-state index is 12.8. The Balaban J connectivity index is 0.000000126. The molecule has 698 valence electrons. The first-order valence-electron chi connectivity index (χ1n) is 43.1. The third-order valence-electron chi connectivity index (χ3n) is 23.2. The number of ether oxygens (including phenoxy) is 2. The molecule has 0 radical (unpaired) electrons. The number of hydrogen-bond acceptors (Lipinski definition) is 18. The SMILES string of the molecule is CC(=O)CCCOc1ccccc1C=C1c2ccccc2-c2ccc([N+](=O)[O-])cc21.Nc1ncccc1C=C1c2ccccc2-c2ccc([N+](=O)[O-])cc21.O=C(Nc1ccc2c(c1)C(=Cc1ccccc1O)c1ccccc1-2)C(F)(F)F.O=[N+]([O-])c1ccc2c(c1)C(=Cc1ccccc1OCCF)c1ccccc1-2.O=[N+]([O-])c1ccc2c(c1)C(=Cc1ccccc1OS(=O)(=O)C(F)(F)F)c1ccccc1-2. The number of anilines is 2. The monoisotopic (exact) mass is 1900 g/mol. The van der Waals surface area contributed by atoms with Gasteiger partial charge < -0.3 is 34.6 Å². The van der Waals surface area contributed by atoms with Gasteiger partial charge in [0.05, 0.1) is 26.3 Å². The Morgan fingerprint density at radius 3 is 1.01 bits per heavy atom. The number of nitrogens with zero attached hydrogens (tertiary/aromatic N) is 5. The van der Waals surface area contributed by atoms with Gasteiger partial charge in [0.2, 0.25) is 0 Å². The number of nitrogens with two attached hydrogens (primary N) is 1. The lowest BCUT2D eigenvalue weighted by Gasteiger charge is -2.12. The summed E-state index contributed by atoms with van der Waals surface area (Å²) in [5, 5.41) is 57.0. The van der Waals surface area contributed by atoms with Crippen molar-refractivity contribution >= 4 is 114 Å². The number of fused-ring (bicyclic) bond motifs is 15. The number of nitro benzene ring substituents is 4. The number of phenolic OH excluding ortho intramolecular Hbond substituents is 1. The summed E-state index contributed by atoms with van der Waals surface area (Å²) in [5.41, 5.74) is 25.4. The number of aromatic nitrogens is 1. The average molecular weight is 1900 g/mol. The molecule has 1 aromatic heterocycles. The highest BCUT2D eigenvalue weighted by atomic mass is 32.2. The van der Waals surface area contributed by atoms with E-state index in [1.54, 1.807) is 116 Å². The topological polar surface area (TPSA) is 340 Å². The molecule has 15 aromatic rings. The molecule has 23 nitrogen and oxygen atoms in total. The number of phenols is 1. The van der Waals surface area contributed by atoms with Gasteiger partial charge in [-0.25, -0.2) is 9.37 Å². The standard InChI is InChI=1S/C25H21NO4.C22H14F3NO2.C22H16FNO3.C21H12F3NO5S.C19H13N3O2/c1-17(27)7-6-14-30-25-11-5-2-8-18(25)15-23-21-10-4-3-9-20(21)22-13-12-19(26(28)29)16-24(22)23;23-22(24,25)21(28)26-14-9-10-17-15-6-2-3-7-16(15)18(19(17)12-14)11-13-5-1-4-8-20(13)27;23-11-12-27-22-8-4-1-5-15(22)13-20-18-7-3-2-6-17(18)19-10-9-16(24(25)26)14-21(19)20;22-21(23,24)31(28,29)30-20-8-4-1-5-13(20)11-18-16-7-3-2-6-15(16)17-10-9-14(25(26)27)12-19(17)18;20-19-12(4-3-9-21-19)10-17-15-6-2-1-5-14(15)16-8-7-13(22(23)24)11-18(16)17/h2-5,8-13,15-16H,6-7,14H2,1H3;1-12,27H,(H,26,28);1-10,13-14H,11-12H2;1-12H;1-11H,(H2,20,21). The molecule has 0 unspecified atom stereocenters. The van der Waals surface area contributed by atoms with E-state index in [2.05, 4.69) is 9.17 Å². The number of alkyl halides is 7. The number of rotatable bonds is 20. The van der Waals surface area contributed by atoms with Crippen molar-refractivity contribution in [2.75, 3.05) is 30.9 Å². The zero-order valence-corrected chi connectivity index (χ0v) is 74.4. The highest BCUT2D eigenvalue weighted by Crippen LogP contribution is 2.53. The van der Waals surface area contributed by atoms with E-state index in [9.17, 15) is 94.3 Å². The highest BCUT2D eigenvalue weighted by Gasteiger charge is 2.49. The van der Waals surface area contributed by atoms with Crippen molar-refractivity contribution < 1.29 is 87.2 Å². The van der Waals surface area contributed by atoms with E-state index >= 15 is 0 Å². The molecular formula is C109H76F7N7O16S. The van der Waals surface area contributed by atoms with Crippen molar-refractivity contribution in [1.82, 2.24) is 4.98 Å². The number of benzene rings is 14. The lowest BCUT2D eigenvalue weighted by atomic mass is 10.0. The summed E-state index contributed by atoms with van der Waals surface area (Å²) in [6, 6.07) is 93.4. The Morgan fingerprint density at radius 2 is 0.671 bits per heavy atom. The minimum Gasteiger partial charge on any atom is -0.507 e. The molecule has 31 heteroatoms. The molecule has 140 heavy (non-hydrogen) atoms. The second-order valence-electron chi connectivity index (χ2n) is 32.0. The second-order valence-corrected chi connectivity index (χ2v) is 33.5. The number of aromatic hydroxyl groups is 1. The van der Waals surface area contributed by atoms with Crippen LogP contribution in [0.5, 0.6) is 23.0 Å². The van der Waals surface area contributed by atoms with Gasteiger partial charge in [-0.2, -0.15) is 34.8 Å². The molecule has 20 rings (SSSR count). The van der Waals surface area contributed by atoms with Gasteiger partial charge in [-0.15, -0.1) is 0 Å². The number of pyridine rings is 1. The Labute approximate surface area is 794 Å². The molecule has 5 aliphatic rings. The van der Waals surface area contributed by atoms with Crippen LogP contribution in [0.1, 0.15) is 103 Å². The summed E-state index contributed by atoms with van der Waals surface area (Å²) in [4.78, 5) is 69.8. The molecule has 1 amide bonds. The number of carbonyl (C=O) groups excluding carboxylic acids is 2. The normalized spacial score (nSPS) is 13.6. The van der Waals surface area contributed by atoms with Crippen molar-refractivity contribution in [3.63, 3.8) is 0 Å². The van der Waals surface area contributed by atoms with Crippen LogP contribution in [-0.2, 0) is 19.7 Å². The van der Waals surface area contributed by atoms with Crippen molar-refractivity contribution in [3.8, 4) is 78.6 Å². The molecule has 0 saturated carbocycles. The van der Waals surface area contributed by atoms with Gasteiger partial charge in [0.15, 0.2) is 0 Å². The quantitative estimate of drug-likeness (QED) is 0.0159. The molecule has 0 aliphatic heterocycles. The second kappa shape index (κ2) is 40.7. The molecule has 14 aromatic carbocycles. The summed E-state index contributed by atoms with van der Waals surface area (Å²) in [6.45, 7) is 1.45. The number of hydrogen-bond donors (Lipinski definition) is 3. The fourth-order valence-corrected chi connectivity index (χ4v) is 17.3. The van der Waals surface area contributed by atoms with Crippen molar-refractivity contribution in [3.05, 3.63) is 452 Å². The van der Waals surface area contributed by atoms with Crippen LogP contribution in [0.2, 0.25) is 0 Å². The van der Waals surface area contributed by atoms with E-state index < -0.39 is 45.1 Å². The van der Waals surface area contributed by atoms with E-state index in [0.29, 0.717) is 64.4 Å². The summed E-state index contributed by atoms with van der Waals surface area (Å²) in [7, 11) is -5.86. The van der Waals surface area contributed by atoms with Crippen LogP contribution in [0.25, 0.3) is 114 Å². The molecule has 1 heterocycles. The van der Waals surface area contributed by atoms with Gasteiger partial charge in [-0.3, -0.25) is 45.3 Å². The molecule has 0 atom stereocenters. The minimum atomic E-state index is -5.86. The largest absolute Gasteiger partial charge is 0.534 e. The third kappa shape index (κ3) is 20.5. The van der Waals surface area contributed by atoms with Crippen LogP contribution < -0.4 is 24.7 Å². The van der Waals surface area contributed by atoms with Crippen LogP contribution in [0.15, 0.2) is 328 Å². The predicted molar refractivity (Wildman–Crippen MR) is 524 cm³/mol. The van der Waals surface area contributed by atoms with Crippen LogP contribution in [0.3, 0.4) is 0 Å². The van der Waals surface area contributed by atoms with Crippen LogP contribution in [-0.4, -0.2) is 81.5 Å². The average Bonchev–Trinajstić information content (AvgIpc) is 1.62. The molecule has 0 bridgehead atoms. The number of carbonyl (C=O) groups is 2. The van der Waals surface area contributed by atoms with E-state index in [4.69, 9.17) is 15.2 Å². The number of Topliss-reactive ketones (excluding diaryl/α,β-unsaturated/α-hetero) is 1. The van der Waals surface area contributed by atoms with Crippen LogP contribution >= 0.6 is 0 Å². The van der Waals surface area contributed by atoms with E-state index in [0.717, 1.165) is 140 Å². The molecule has 5 aliphatic carbocycles. The highest BCUT2D eigenvalue weighted by molar-refractivity contribution is 7.88. The zero-order chi connectivity index (χ0) is 98.8. The number of ketones is 1. The number of nitrogens with one attached hydrogen (secondary N) is 1. The third-order valence-corrected chi connectivity index (χ3v) is 24.2. The molecular weight excluding hydrogens is 1830 g/mol. The van der Waals surface area contributed by atoms with Crippen LogP contribution in [0, 0.1) is 40.5 Å². The number of non-ortho nitro benzene ring substituents is 4. The van der Waals surface area contributed by atoms with E-state index in [1.165, 1.54) is 60.7 Å². The van der Waals surface area contributed by atoms with Gasteiger partial charge in [0, 0.05) is 94.7 Å². The first kappa shape index (κ1) is 95.3. The zero-order valence-electron chi connectivity index (χ0n) is 73.5. The van der Waals surface area contributed by atoms with E-state index in [-0.39, 0.29) is 66.9 Å². The van der Waals surface area contributed by atoms with Gasteiger partial charge in [-0.1, -0.05) is 200 Å². The summed E-state index contributed by atoms with van der Waals surface area (Å²) >= 11 is 0. The Morgan fingerprint density at radius 1 is 0.379 bits per heavy atom. The lowest BCUT2D eigenvalue weighted by Crippen LogP contribution is -2.29. The Bertz CT molecular complexity index is 7810. The number of nitro groups is 4. The Hall–Kier alpha value is -17.9. The fourth-order valence-electron chi connectivity index (χ4n) is 16.9. The van der Waals surface area contributed by atoms with Crippen molar-refractivity contribution in [2.24, 2.45) is 0 Å². The van der Waals surface area contributed by atoms with Gasteiger partial charge in [0.25, 0.3) is 22.7 Å². The van der Waals surface area contributed by atoms with Crippen LogP contribution in [0.4, 0.5) is 65.0 Å². The smallest absolute Gasteiger partial charge is 0.507 e. The van der Waals surface area contributed by atoms with Crippen molar-refractivity contribution in [2.45, 2.75) is 31.5 Å². The summed E-state index contributed by atoms with van der Waals surface area (Å²) in [5.74, 6) is -0.541. The Kier molecular flexibility index (Phi) is 27.7. The fraction of sp³-hybridized carbons (Fsp3) is 0.0734. The minimum absolute atomic E-state index is 0.0150. The van der Waals surface area contributed by atoms with Gasteiger partial charge in [-0.05, 0) is 256 Å². The van der Waals surface area contributed by atoms with E-state index in [1.807, 2.05) is 187 Å². The number of halogens is 7. The lowest BCUT2D eigenvalue weighted by molar-refractivity contribution is -0.385. The molecule has 4 N–H and O–H groups in total. The maximum Gasteiger partial charge on any atom is 0.534 e. The molecule has 0 saturated heterocycles. The first-order valence-corrected chi connectivity index (χ1v) is 44.5. The van der Waals surface area contributed by atoms with Gasteiger partial charge in [0.1, 0.15) is 47.9 Å². The molecule has 0 fully saturated rings. The van der Waals surface area contributed by atoms with Gasteiger partial charge >= 0.3 is 27.7 Å². The number of nitrogen functional groups attached to an aromatic ring is 1. The number of para-hydroxylation sites is 4. The predicted octanol–water partition coefficient (Wildman–Crippen LogP) is 26.4. The van der Waals surface area contributed by atoms with Crippen molar-refractivity contribution in [1.29, 1.82) is 0 Å². The summed E-state index contributed by atoms with van der Waals surface area (Å²) in [6.07, 6.45) is 6.99.